The lowest BCUT2D eigenvalue weighted by Gasteiger charge is -2.04. The minimum Gasteiger partial charge on any atom is -0.478 e. The highest BCUT2D eigenvalue weighted by Gasteiger charge is 2.27. The van der Waals surface area contributed by atoms with E-state index >= 15 is 0 Å². The Balaban J connectivity index is 2.02. The third-order valence-corrected chi connectivity index (χ3v) is 3.91. The van der Waals surface area contributed by atoms with Gasteiger partial charge in [-0.05, 0) is 30.7 Å². The van der Waals surface area contributed by atoms with Gasteiger partial charge in [-0.1, -0.05) is 15.9 Å². The van der Waals surface area contributed by atoms with E-state index < -0.39 is 5.97 Å². The zero-order valence-electron chi connectivity index (χ0n) is 10.6. The summed E-state index contributed by atoms with van der Waals surface area (Å²) in [7, 11) is 0. The minimum atomic E-state index is -0.949. The molecule has 1 saturated heterocycles. The molecule has 2 aromatic rings. The van der Waals surface area contributed by atoms with Crippen LogP contribution in [-0.2, 0) is 4.74 Å². The molecule has 1 atom stereocenters. The Labute approximate surface area is 124 Å². The van der Waals surface area contributed by atoms with Gasteiger partial charge in [-0.25, -0.2) is 9.48 Å². The smallest absolute Gasteiger partial charge is 0.339 e. The number of hydrogen-bond donors (Lipinski definition) is 1. The SMILES string of the molecule is O=C(O)c1cn(-c2ccc(Br)cc2)nc1C1CCOC1. The largest absolute Gasteiger partial charge is 0.478 e. The fourth-order valence-corrected chi connectivity index (χ4v) is 2.59. The Hall–Kier alpha value is -1.66. The van der Waals surface area contributed by atoms with Crippen molar-refractivity contribution in [3.05, 3.63) is 46.2 Å². The summed E-state index contributed by atoms with van der Waals surface area (Å²) in [5.41, 5.74) is 1.70. The minimum absolute atomic E-state index is 0.0674. The molecule has 0 aliphatic carbocycles. The van der Waals surface area contributed by atoms with E-state index in [0.29, 0.717) is 18.9 Å². The summed E-state index contributed by atoms with van der Waals surface area (Å²) in [6.07, 6.45) is 2.39. The molecule has 1 aliphatic heterocycles. The number of aromatic carboxylic acids is 1. The van der Waals surface area contributed by atoms with Crippen LogP contribution < -0.4 is 0 Å². The van der Waals surface area contributed by atoms with Crippen molar-refractivity contribution >= 4 is 21.9 Å². The molecule has 1 N–H and O–H groups in total. The summed E-state index contributed by atoms with van der Waals surface area (Å²) in [5.74, 6) is -0.881. The summed E-state index contributed by atoms with van der Waals surface area (Å²) in [6, 6.07) is 7.57. The predicted octanol–water partition coefficient (Wildman–Crippen LogP) is 2.84. The molecule has 1 aromatic heterocycles. The van der Waals surface area contributed by atoms with Crippen LogP contribution in [0.5, 0.6) is 0 Å². The van der Waals surface area contributed by atoms with Gasteiger partial charge in [0.25, 0.3) is 0 Å². The Morgan fingerprint density at radius 2 is 2.15 bits per heavy atom. The first-order chi connectivity index (χ1) is 9.65. The van der Waals surface area contributed by atoms with Crippen molar-refractivity contribution in [3.63, 3.8) is 0 Å². The molecule has 1 aromatic carbocycles. The standard InChI is InChI=1S/C14H13BrN2O3/c15-10-1-3-11(4-2-10)17-7-12(14(18)19)13(16-17)9-5-6-20-8-9/h1-4,7,9H,5-6,8H2,(H,18,19). The second kappa shape index (κ2) is 5.38. The first kappa shape index (κ1) is 13.3. The molecule has 0 radical (unpaired) electrons. The normalized spacial score (nSPS) is 18.4. The molecule has 6 heteroatoms. The highest BCUT2D eigenvalue weighted by atomic mass is 79.9. The lowest BCUT2D eigenvalue weighted by Crippen LogP contribution is -2.06. The molecule has 104 valence electrons. The van der Waals surface area contributed by atoms with Crippen LogP contribution in [0.4, 0.5) is 0 Å². The van der Waals surface area contributed by atoms with Crippen molar-refractivity contribution in [2.75, 3.05) is 13.2 Å². The number of aromatic nitrogens is 2. The number of carboxylic acid groups (broad SMARTS) is 1. The number of carboxylic acids is 1. The van der Waals surface area contributed by atoms with E-state index in [4.69, 9.17) is 4.74 Å². The second-order valence-corrected chi connectivity index (χ2v) is 5.63. The predicted molar refractivity (Wildman–Crippen MR) is 76.4 cm³/mol. The van der Waals surface area contributed by atoms with Crippen molar-refractivity contribution < 1.29 is 14.6 Å². The highest BCUT2D eigenvalue weighted by Crippen LogP contribution is 2.28. The van der Waals surface area contributed by atoms with E-state index in [9.17, 15) is 9.90 Å². The lowest BCUT2D eigenvalue weighted by atomic mass is 10.0. The van der Waals surface area contributed by atoms with E-state index in [-0.39, 0.29) is 11.5 Å². The summed E-state index contributed by atoms with van der Waals surface area (Å²) in [6.45, 7) is 1.20. The van der Waals surface area contributed by atoms with Gasteiger partial charge in [-0.3, -0.25) is 0 Å². The zero-order chi connectivity index (χ0) is 14.1. The average molecular weight is 337 g/mol. The van der Waals surface area contributed by atoms with Crippen molar-refractivity contribution in [2.45, 2.75) is 12.3 Å². The molecular formula is C14H13BrN2O3. The maximum Gasteiger partial charge on any atom is 0.339 e. The molecule has 1 fully saturated rings. The topological polar surface area (TPSA) is 64.3 Å². The van der Waals surface area contributed by atoms with Crippen LogP contribution in [0, 0.1) is 0 Å². The molecule has 3 rings (SSSR count). The van der Waals surface area contributed by atoms with Gasteiger partial charge in [-0.2, -0.15) is 5.10 Å². The number of benzene rings is 1. The first-order valence-corrected chi connectivity index (χ1v) is 7.11. The molecule has 0 amide bonds. The van der Waals surface area contributed by atoms with Crippen LogP contribution >= 0.6 is 15.9 Å². The van der Waals surface area contributed by atoms with Crippen molar-refractivity contribution in [1.29, 1.82) is 0 Å². The van der Waals surface area contributed by atoms with Crippen LogP contribution in [0.25, 0.3) is 5.69 Å². The molecular weight excluding hydrogens is 324 g/mol. The van der Waals surface area contributed by atoms with Crippen molar-refractivity contribution in [1.82, 2.24) is 9.78 Å². The van der Waals surface area contributed by atoms with Crippen LogP contribution in [0.2, 0.25) is 0 Å². The van der Waals surface area contributed by atoms with Gasteiger partial charge in [0.15, 0.2) is 0 Å². The molecule has 1 aliphatic rings. The summed E-state index contributed by atoms with van der Waals surface area (Å²) in [5, 5.41) is 13.8. The van der Waals surface area contributed by atoms with Gasteiger partial charge < -0.3 is 9.84 Å². The number of halogens is 1. The first-order valence-electron chi connectivity index (χ1n) is 6.31. The van der Waals surface area contributed by atoms with Gasteiger partial charge in [0.05, 0.1) is 18.0 Å². The van der Waals surface area contributed by atoms with E-state index in [0.717, 1.165) is 16.6 Å². The summed E-state index contributed by atoms with van der Waals surface area (Å²) >= 11 is 3.37. The third-order valence-electron chi connectivity index (χ3n) is 3.38. The zero-order valence-corrected chi connectivity index (χ0v) is 12.2. The fourth-order valence-electron chi connectivity index (χ4n) is 2.33. The Morgan fingerprint density at radius 3 is 2.75 bits per heavy atom. The number of rotatable bonds is 3. The van der Waals surface area contributed by atoms with Crippen LogP contribution in [0.3, 0.4) is 0 Å². The van der Waals surface area contributed by atoms with Crippen LogP contribution in [-0.4, -0.2) is 34.1 Å². The second-order valence-electron chi connectivity index (χ2n) is 4.71. The molecule has 2 heterocycles. The molecule has 20 heavy (non-hydrogen) atoms. The Kier molecular flexibility index (Phi) is 3.58. The van der Waals surface area contributed by atoms with Crippen LogP contribution in [0.1, 0.15) is 28.4 Å². The number of carbonyl (C=O) groups is 1. The van der Waals surface area contributed by atoms with E-state index in [2.05, 4.69) is 21.0 Å². The third kappa shape index (κ3) is 2.48. The average Bonchev–Trinajstić information content (AvgIpc) is 3.08. The summed E-state index contributed by atoms with van der Waals surface area (Å²) < 4.78 is 7.91. The quantitative estimate of drug-likeness (QED) is 0.935. The fraction of sp³-hybridized carbons (Fsp3) is 0.286. The van der Waals surface area contributed by atoms with Gasteiger partial charge in [0.2, 0.25) is 0 Å². The van der Waals surface area contributed by atoms with E-state index in [1.165, 1.54) is 0 Å². The van der Waals surface area contributed by atoms with Gasteiger partial charge in [0, 0.05) is 23.2 Å². The summed E-state index contributed by atoms with van der Waals surface area (Å²) in [4.78, 5) is 11.4. The van der Waals surface area contributed by atoms with Crippen molar-refractivity contribution in [2.24, 2.45) is 0 Å². The van der Waals surface area contributed by atoms with Gasteiger partial charge >= 0.3 is 5.97 Å². The molecule has 0 spiro atoms. The van der Waals surface area contributed by atoms with Crippen LogP contribution in [0.15, 0.2) is 34.9 Å². The van der Waals surface area contributed by atoms with Gasteiger partial charge in [0.1, 0.15) is 5.56 Å². The van der Waals surface area contributed by atoms with E-state index in [1.54, 1.807) is 10.9 Å². The number of nitrogens with zero attached hydrogens (tertiary/aromatic N) is 2. The Morgan fingerprint density at radius 1 is 1.40 bits per heavy atom. The number of ether oxygens (including phenoxy) is 1. The molecule has 0 bridgehead atoms. The Bertz CT molecular complexity index is 630. The lowest BCUT2D eigenvalue weighted by molar-refractivity contribution is 0.0695. The molecule has 0 saturated carbocycles. The maximum absolute atomic E-state index is 11.4. The monoisotopic (exact) mass is 336 g/mol. The number of hydrogen-bond acceptors (Lipinski definition) is 3. The highest BCUT2D eigenvalue weighted by molar-refractivity contribution is 9.10. The van der Waals surface area contributed by atoms with Crippen molar-refractivity contribution in [3.8, 4) is 5.69 Å². The molecule has 5 nitrogen and oxygen atoms in total. The molecule has 1 unspecified atom stereocenters. The maximum atomic E-state index is 11.4. The van der Waals surface area contributed by atoms with Gasteiger partial charge in [-0.15, -0.1) is 0 Å². The van der Waals surface area contributed by atoms with E-state index in [1.807, 2.05) is 24.3 Å².